The molecule has 1 atom stereocenters. The van der Waals surface area contributed by atoms with Crippen molar-refractivity contribution in [2.75, 3.05) is 31.0 Å². The lowest BCUT2D eigenvalue weighted by Gasteiger charge is -2.26. The van der Waals surface area contributed by atoms with Crippen LogP contribution in [-0.2, 0) is 4.74 Å². The number of guanidine groups is 1. The molecule has 0 radical (unpaired) electrons. The van der Waals surface area contributed by atoms with Gasteiger partial charge in [-0.2, -0.15) is 0 Å². The van der Waals surface area contributed by atoms with Crippen LogP contribution in [0.15, 0.2) is 22.2 Å². The van der Waals surface area contributed by atoms with Crippen LogP contribution in [0.3, 0.4) is 0 Å². The van der Waals surface area contributed by atoms with Crippen LogP contribution in [0.5, 0.6) is 0 Å². The highest BCUT2D eigenvalue weighted by Crippen LogP contribution is 2.27. The van der Waals surface area contributed by atoms with Gasteiger partial charge in [0.25, 0.3) is 0 Å². The molecule has 136 valence electrons. The number of hydrogen-bond donors (Lipinski definition) is 3. The Balaban J connectivity index is 2.27. The van der Waals surface area contributed by atoms with Crippen molar-refractivity contribution in [3.63, 3.8) is 0 Å². The van der Waals surface area contributed by atoms with Crippen molar-refractivity contribution >= 4 is 34.4 Å². The Kier molecular flexibility index (Phi) is 6.40. The van der Waals surface area contributed by atoms with Gasteiger partial charge in [-0.15, -0.1) is 16.9 Å². The van der Waals surface area contributed by atoms with Crippen molar-refractivity contribution in [3.8, 4) is 0 Å². The van der Waals surface area contributed by atoms with E-state index in [1.165, 1.54) is 18.9 Å². The summed E-state index contributed by atoms with van der Waals surface area (Å²) in [5.41, 5.74) is 8.74. The average Bonchev–Trinajstić information content (AvgIpc) is 2.58. The van der Waals surface area contributed by atoms with Gasteiger partial charge in [0.2, 0.25) is 5.96 Å². The molecule has 9 heteroatoms. The Morgan fingerprint density at radius 1 is 1.44 bits per heavy atom. The molecule has 1 aromatic rings. The number of hydrazone groups is 1. The maximum atomic E-state index is 11.9. The molecular formula is C16H22N4O4S. The third kappa shape index (κ3) is 4.71. The van der Waals surface area contributed by atoms with Gasteiger partial charge < -0.3 is 20.7 Å². The summed E-state index contributed by atoms with van der Waals surface area (Å²) in [5.74, 6) is -0.0228. The maximum absolute atomic E-state index is 11.9. The van der Waals surface area contributed by atoms with E-state index in [0.29, 0.717) is 22.9 Å². The lowest BCUT2D eigenvalue weighted by Crippen LogP contribution is -2.33. The Bertz CT molecular complexity index is 720. The number of aliphatic hydroxyl groups is 2. The number of rotatable bonds is 5. The first kappa shape index (κ1) is 19.2. The van der Waals surface area contributed by atoms with Crippen molar-refractivity contribution in [3.05, 3.63) is 28.8 Å². The summed E-state index contributed by atoms with van der Waals surface area (Å²) in [4.78, 5) is 16.1. The van der Waals surface area contributed by atoms with E-state index in [9.17, 15) is 9.90 Å². The number of nitrogens with two attached hydrogens (primary N) is 1. The number of esters is 1. The third-order valence-electron chi connectivity index (χ3n) is 3.63. The molecule has 1 unspecified atom stereocenters. The molecule has 0 fully saturated rings. The predicted molar refractivity (Wildman–Crippen MR) is 99.2 cm³/mol. The molecule has 8 nitrogen and oxygen atoms in total. The number of benzene rings is 1. The molecule has 0 spiro atoms. The molecule has 2 rings (SSSR count). The molecular weight excluding hydrogens is 344 g/mol. The number of methoxy groups -OCH3 is 1. The monoisotopic (exact) mass is 366 g/mol. The van der Waals surface area contributed by atoms with E-state index in [1.807, 2.05) is 19.9 Å². The zero-order chi connectivity index (χ0) is 18.6. The largest absolute Gasteiger partial charge is 0.465 e. The summed E-state index contributed by atoms with van der Waals surface area (Å²) < 4.78 is 4.82. The maximum Gasteiger partial charge on any atom is 0.338 e. The summed E-state index contributed by atoms with van der Waals surface area (Å²) in [6.07, 6.45) is -0.826. The number of hydrogen-bond acceptors (Lipinski definition) is 9. The highest BCUT2D eigenvalue weighted by Gasteiger charge is 2.21. The summed E-state index contributed by atoms with van der Waals surface area (Å²) in [5, 5.41) is 25.0. The van der Waals surface area contributed by atoms with Gasteiger partial charge in [0.05, 0.1) is 42.7 Å². The van der Waals surface area contributed by atoms with Gasteiger partial charge >= 0.3 is 5.97 Å². The molecule has 0 bridgehead atoms. The Morgan fingerprint density at radius 2 is 2.16 bits per heavy atom. The topological polar surface area (TPSA) is 121 Å². The highest BCUT2D eigenvalue weighted by molar-refractivity contribution is 8.14. The van der Waals surface area contributed by atoms with E-state index in [-0.39, 0.29) is 12.6 Å². The number of nitrogens with zero attached hydrogens (tertiary/aromatic N) is 3. The van der Waals surface area contributed by atoms with Crippen molar-refractivity contribution in [1.82, 2.24) is 0 Å². The van der Waals surface area contributed by atoms with Crippen LogP contribution in [0.4, 0.5) is 5.69 Å². The molecule has 0 saturated carbocycles. The van der Waals surface area contributed by atoms with Gasteiger partial charge in [-0.3, -0.25) is 5.01 Å². The summed E-state index contributed by atoms with van der Waals surface area (Å²) >= 11 is 1.30. The second kappa shape index (κ2) is 8.32. The quantitative estimate of drug-likeness (QED) is 0.653. The van der Waals surface area contributed by atoms with Crippen LogP contribution in [0.25, 0.3) is 0 Å². The number of thioether (sulfide) groups is 1. The minimum atomic E-state index is -0.826. The normalized spacial score (nSPS) is 15.5. The lowest BCUT2D eigenvalue weighted by atomic mass is 10.0. The highest BCUT2D eigenvalue weighted by atomic mass is 32.2. The molecule has 25 heavy (non-hydrogen) atoms. The fourth-order valence-electron chi connectivity index (χ4n) is 2.38. The van der Waals surface area contributed by atoms with Gasteiger partial charge in [0.1, 0.15) is 0 Å². The number of aryl methyl sites for hydroxylation is 2. The molecule has 1 aromatic carbocycles. The van der Waals surface area contributed by atoms with Crippen molar-refractivity contribution < 1.29 is 19.7 Å². The van der Waals surface area contributed by atoms with Crippen LogP contribution in [0, 0.1) is 13.8 Å². The number of aliphatic imine (C=N–C) groups is 1. The van der Waals surface area contributed by atoms with E-state index in [4.69, 9.17) is 15.6 Å². The van der Waals surface area contributed by atoms with Gasteiger partial charge in [-0.1, -0.05) is 6.07 Å². The molecule has 0 aliphatic carbocycles. The van der Waals surface area contributed by atoms with Crippen LogP contribution in [-0.4, -0.2) is 59.3 Å². The Labute approximate surface area is 150 Å². The van der Waals surface area contributed by atoms with E-state index >= 15 is 0 Å². The zero-order valence-corrected chi connectivity index (χ0v) is 15.2. The summed E-state index contributed by atoms with van der Waals surface area (Å²) in [7, 11) is 1.34. The van der Waals surface area contributed by atoms with E-state index < -0.39 is 12.1 Å². The number of aliphatic hydroxyl groups excluding tert-OH is 2. The zero-order valence-electron chi connectivity index (χ0n) is 14.4. The van der Waals surface area contributed by atoms with Crippen molar-refractivity contribution in [1.29, 1.82) is 0 Å². The minimum absolute atomic E-state index is 0.0897. The SMILES string of the molecule is COC(=O)c1cc(N2CC(SCC(O)CO)=NC(N)=N2)c(C)cc1C. The molecule has 0 amide bonds. The van der Waals surface area contributed by atoms with E-state index in [0.717, 1.165) is 16.8 Å². The van der Waals surface area contributed by atoms with Gasteiger partial charge in [-0.25, -0.2) is 9.79 Å². The van der Waals surface area contributed by atoms with Crippen LogP contribution in [0.2, 0.25) is 0 Å². The minimum Gasteiger partial charge on any atom is -0.465 e. The second-order valence-electron chi connectivity index (χ2n) is 5.61. The summed E-state index contributed by atoms with van der Waals surface area (Å²) in [6, 6.07) is 3.62. The number of carbonyl (C=O) groups excluding carboxylic acids is 1. The summed E-state index contributed by atoms with van der Waals surface area (Å²) in [6.45, 7) is 3.81. The molecule has 4 N–H and O–H groups in total. The number of anilines is 1. The predicted octanol–water partition coefficient (Wildman–Crippen LogP) is 0.625. The Hall–Kier alpha value is -2.10. The standard InChI is InChI=1S/C16H22N4O4S/c1-9-4-10(2)13(5-12(9)15(23)24-3)20-6-14(18-16(17)19-20)25-8-11(22)7-21/h4-5,11,21-22H,6-8H2,1-3H3,(H2,17,19). The molecule has 1 heterocycles. The van der Waals surface area contributed by atoms with Gasteiger partial charge in [0.15, 0.2) is 0 Å². The van der Waals surface area contributed by atoms with Gasteiger partial charge in [0, 0.05) is 5.75 Å². The number of ether oxygens (including phenoxy) is 1. The second-order valence-corrected chi connectivity index (χ2v) is 6.71. The fraction of sp³-hybridized carbons (Fsp3) is 0.438. The fourth-order valence-corrected chi connectivity index (χ4v) is 3.25. The van der Waals surface area contributed by atoms with E-state index in [1.54, 1.807) is 11.1 Å². The average molecular weight is 366 g/mol. The molecule has 1 aliphatic rings. The van der Waals surface area contributed by atoms with Crippen LogP contribution < -0.4 is 10.7 Å². The van der Waals surface area contributed by atoms with Gasteiger partial charge in [-0.05, 0) is 31.0 Å². The number of carbonyl (C=O) groups is 1. The van der Waals surface area contributed by atoms with Crippen molar-refractivity contribution in [2.45, 2.75) is 20.0 Å². The van der Waals surface area contributed by atoms with Crippen LogP contribution >= 0.6 is 11.8 Å². The lowest BCUT2D eigenvalue weighted by molar-refractivity contribution is 0.0600. The molecule has 0 saturated heterocycles. The Morgan fingerprint density at radius 3 is 2.80 bits per heavy atom. The smallest absolute Gasteiger partial charge is 0.338 e. The first-order valence-electron chi connectivity index (χ1n) is 7.66. The van der Waals surface area contributed by atoms with E-state index in [2.05, 4.69) is 10.1 Å². The first-order chi connectivity index (χ1) is 11.8. The van der Waals surface area contributed by atoms with Crippen LogP contribution in [0.1, 0.15) is 21.5 Å². The molecule has 0 aromatic heterocycles. The third-order valence-corrected chi connectivity index (χ3v) is 4.73. The van der Waals surface area contributed by atoms with Crippen molar-refractivity contribution in [2.24, 2.45) is 15.8 Å². The molecule has 1 aliphatic heterocycles. The first-order valence-corrected chi connectivity index (χ1v) is 8.64.